The molecule has 1 aromatic heterocycles. The van der Waals surface area contributed by atoms with E-state index >= 15 is 0 Å². The van der Waals surface area contributed by atoms with Crippen molar-refractivity contribution >= 4 is 17.4 Å². The number of aryl methyl sites for hydroxylation is 1. The number of piperazine rings is 1. The monoisotopic (exact) mass is 272 g/mol. The van der Waals surface area contributed by atoms with Crippen LogP contribution in [0, 0.1) is 6.92 Å². The van der Waals surface area contributed by atoms with Gasteiger partial charge in [-0.2, -0.15) is 0 Å². The molecule has 20 heavy (non-hydrogen) atoms. The molecule has 1 unspecified atom stereocenters. The summed E-state index contributed by atoms with van der Waals surface area (Å²) in [4.78, 5) is 23.0. The maximum atomic E-state index is 10.7. The van der Waals surface area contributed by atoms with Gasteiger partial charge in [-0.05, 0) is 31.5 Å². The lowest BCUT2D eigenvalue weighted by molar-refractivity contribution is -0.120. The fourth-order valence-corrected chi connectivity index (χ4v) is 2.74. The molecule has 3 rings (SSSR count). The second-order valence-electron chi connectivity index (χ2n) is 5.50. The maximum Gasteiger partial charge on any atom is 0.209 e. The second kappa shape index (κ2) is 5.25. The summed E-state index contributed by atoms with van der Waals surface area (Å²) in [5.74, 6) is 1.00. The molecule has 1 aliphatic heterocycles. The highest BCUT2D eigenvalue weighted by Gasteiger charge is 2.23. The van der Waals surface area contributed by atoms with Gasteiger partial charge in [0.15, 0.2) is 0 Å². The van der Waals surface area contributed by atoms with Crippen LogP contribution in [0.1, 0.15) is 24.4 Å². The van der Waals surface area contributed by atoms with Crippen molar-refractivity contribution in [2.75, 3.05) is 26.2 Å². The Balaban J connectivity index is 1.78. The van der Waals surface area contributed by atoms with Gasteiger partial charge in [0.2, 0.25) is 6.41 Å². The van der Waals surface area contributed by atoms with Crippen LogP contribution in [0.5, 0.6) is 0 Å². The highest BCUT2D eigenvalue weighted by Crippen LogP contribution is 2.22. The summed E-state index contributed by atoms with van der Waals surface area (Å²) in [5.41, 5.74) is 3.35. The molecule has 1 aliphatic rings. The first kappa shape index (κ1) is 13.1. The minimum Gasteiger partial charge on any atom is -0.343 e. The van der Waals surface area contributed by atoms with E-state index in [1.807, 2.05) is 4.90 Å². The topological polar surface area (TPSA) is 52.2 Å². The fraction of sp³-hybridized carbons (Fsp3) is 0.467. The van der Waals surface area contributed by atoms with Crippen LogP contribution in [0.3, 0.4) is 0 Å². The van der Waals surface area contributed by atoms with Crippen molar-refractivity contribution in [3.8, 4) is 0 Å². The number of imidazole rings is 1. The molecule has 0 spiro atoms. The van der Waals surface area contributed by atoms with Gasteiger partial charge < -0.3 is 9.88 Å². The number of benzene rings is 1. The van der Waals surface area contributed by atoms with E-state index in [0.717, 1.165) is 49.4 Å². The van der Waals surface area contributed by atoms with Crippen LogP contribution < -0.4 is 0 Å². The van der Waals surface area contributed by atoms with Gasteiger partial charge in [-0.1, -0.05) is 6.07 Å². The number of H-pyrrole nitrogens is 1. The van der Waals surface area contributed by atoms with Crippen molar-refractivity contribution in [1.29, 1.82) is 0 Å². The number of aromatic nitrogens is 2. The van der Waals surface area contributed by atoms with Crippen LogP contribution in [0.2, 0.25) is 0 Å². The van der Waals surface area contributed by atoms with Crippen molar-refractivity contribution in [1.82, 2.24) is 19.8 Å². The summed E-state index contributed by atoms with van der Waals surface area (Å²) < 4.78 is 0. The lowest BCUT2D eigenvalue weighted by Gasteiger charge is -2.35. The summed E-state index contributed by atoms with van der Waals surface area (Å²) in [5, 5.41) is 0. The Bertz CT molecular complexity index is 613. The smallest absolute Gasteiger partial charge is 0.209 e. The van der Waals surface area contributed by atoms with Crippen LogP contribution in [0.15, 0.2) is 18.2 Å². The molecule has 1 saturated heterocycles. The van der Waals surface area contributed by atoms with E-state index in [9.17, 15) is 4.79 Å². The highest BCUT2D eigenvalue weighted by atomic mass is 16.1. The van der Waals surface area contributed by atoms with Gasteiger partial charge in [0.25, 0.3) is 0 Å². The molecular formula is C15H20N4O. The average molecular weight is 272 g/mol. The number of amides is 1. The van der Waals surface area contributed by atoms with Gasteiger partial charge in [0.1, 0.15) is 5.82 Å². The largest absolute Gasteiger partial charge is 0.343 e. The van der Waals surface area contributed by atoms with Gasteiger partial charge in [-0.3, -0.25) is 9.69 Å². The van der Waals surface area contributed by atoms with E-state index < -0.39 is 0 Å². The average Bonchev–Trinajstić information content (AvgIpc) is 2.89. The molecule has 5 nitrogen and oxygen atoms in total. The summed E-state index contributed by atoms with van der Waals surface area (Å²) in [6, 6.07) is 6.52. The Morgan fingerprint density at radius 3 is 2.75 bits per heavy atom. The molecule has 0 saturated carbocycles. The van der Waals surface area contributed by atoms with Crippen LogP contribution >= 0.6 is 0 Å². The molecule has 0 aliphatic carbocycles. The van der Waals surface area contributed by atoms with E-state index in [0.29, 0.717) is 0 Å². The third-order valence-electron chi connectivity index (χ3n) is 4.10. The number of fused-ring (bicyclic) bond motifs is 1. The van der Waals surface area contributed by atoms with Crippen molar-refractivity contribution in [3.63, 3.8) is 0 Å². The summed E-state index contributed by atoms with van der Waals surface area (Å²) in [6.07, 6.45) is 0.936. The van der Waals surface area contributed by atoms with Crippen LogP contribution in [0.4, 0.5) is 0 Å². The number of rotatable bonds is 3. The Hall–Kier alpha value is -1.88. The molecule has 0 radical (unpaired) electrons. The maximum absolute atomic E-state index is 10.7. The standard InChI is InChI=1S/C15H20N4O/c1-11-3-4-13-14(9-11)17-15(16-13)12(2)19-7-5-18(10-20)6-8-19/h3-4,9-10,12H,5-8H2,1-2H3,(H,16,17). The lowest BCUT2D eigenvalue weighted by atomic mass is 10.2. The quantitative estimate of drug-likeness (QED) is 0.865. The number of hydrogen-bond acceptors (Lipinski definition) is 3. The third kappa shape index (κ3) is 2.41. The van der Waals surface area contributed by atoms with Crippen molar-refractivity contribution < 1.29 is 4.79 Å². The summed E-state index contributed by atoms with van der Waals surface area (Å²) >= 11 is 0. The SMILES string of the molecule is Cc1ccc2nc(C(C)N3CCN(C=O)CC3)[nH]c2c1. The predicted octanol–water partition coefficient (Wildman–Crippen LogP) is 1.71. The first-order valence-corrected chi connectivity index (χ1v) is 7.07. The Labute approximate surface area is 118 Å². The van der Waals surface area contributed by atoms with E-state index in [1.54, 1.807) is 0 Å². The minimum atomic E-state index is 0.247. The molecule has 1 aromatic carbocycles. The van der Waals surface area contributed by atoms with Crippen molar-refractivity contribution in [2.45, 2.75) is 19.9 Å². The van der Waals surface area contributed by atoms with E-state index in [1.165, 1.54) is 5.56 Å². The van der Waals surface area contributed by atoms with E-state index in [4.69, 9.17) is 0 Å². The summed E-state index contributed by atoms with van der Waals surface area (Å²) in [7, 11) is 0. The predicted molar refractivity (Wildman–Crippen MR) is 78.5 cm³/mol. The van der Waals surface area contributed by atoms with Crippen LogP contribution in [-0.4, -0.2) is 52.4 Å². The van der Waals surface area contributed by atoms with Gasteiger partial charge in [-0.25, -0.2) is 4.98 Å². The number of nitrogens with one attached hydrogen (secondary N) is 1. The highest BCUT2D eigenvalue weighted by molar-refractivity contribution is 5.75. The second-order valence-corrected chi connectivity index (χ2v) is 5.50. The molecule has 1 fully saturated rings. The molecule has 5 heteroatoms. The molecule has 2 heterocycles. The zero-order valence-corrected chi connectivity index (χ0v) is 12.0. The molecule has 1 N–H and O–H groups in total. The fourth-order valence-electron chi connectivity index (χ4n) is 2.74. The Morgan fingerprint density at radius 2 is 2.05 bits per heavy atom. The first-order valence-electron chi connectivity index (χ1n) is 7.07. The Kier molecular flexibility index (Phi) is 3.44. The molecule has 2 aromatic rings. The van der Waals surface area contributed by atoms with Crippen molar-refractivity contribution in [2.24, 2.45) is 0 Å². The molecule has 1 atom stereocenters. The Morgan fingerprint density at radius 1 is 1.30 bits per heavy atom. The molecule has 106 valence electrons. The number of hydrogen-bond donors (Lipinski definition) is 1. The summed E-state index contributed by atoms with van der Waals surface area (Å²) in [6.45, 7) is 7.65. The van der Waals surface area contributed by atoms with E-state index in [-0.39, 0.29) is 6.04 Å². The van der Waals surface area contributed by atoms with Gasteiger partial charge >= 0.3 is 0 Å². The molecular weight excluding hydrogens is 252 g/mol. The number of carbonyl (C=O) groups is 1. The number of carbonyl (C=O) groups excluding carboxylic acids is 1. The van der Waals surface area contributed by atoms with E-state index in [2.05, 4.69) is 46.9 Å². The van der Waals surface area contributed by atoms with Gasteiger partial charge in [-0.15, -0.1) is 0 Å². The zero-order chi connectivity index (χ0) is 14.1. The van der Waals surface area contributed by atoms with Crippen LogP contribution in [-0.2, 0) is 4.79 Å². The molecule has 1 amide bonds. The molecule has 0 bridgehead atoms. The third-order valence-corrected chi connectivity index (χ3v) is 4.10. The van der Waals surface area contributed by atoms with Crippen molar-refractivity contribution in [3.05, 3.63) is 29.6 Å². The van der Waals surface area contributed by atoms with Gasteiger partial charge in [0.05, 0.1) is 17.1 Å². The number of aromatic amines is 1. The minimum absolute atomic E-state index is 0.247. The lowest BCUT2D eigenvalue weighted by Crippen LogP contribution is -2.46. The zero-order valence-electron chi connectivity index (χ0n) is 12.0. The van der Waals surface area contributed by atoms with Crippen LogP contribution in [0.25, 0.3) is 11.0 Å². The normalized spacial score (nSPS) is 18.4. The number of nitrogens with zero attached hydrogens (tertiary/aromatic N) is 3. The van der Waals surface area contributed by atoms with Gasteiger partial charge in [0, 0.05) is 26.2 Å². The first-order chi connectivity index (χ1) is 9.67.